The minimum atomic E-state index is -4.02. The van der Waals surface area contributed by atoms with E-state index in [-0.39, 0.29) is 45.7 Å². The first-order chi connectivity index (χ1) is 37.4. The SMILES string of the molecule is CCCCCCCCCCCCCCCCNS(=O)(=O)c1ccc(Cl)c(NC(=O)C(OC(=O)N(CCCCCCCCCCCC)c2ccc(/C=C(\C#N)c3nc4ccccc4o3)c(C)c2)C(=O)c2ccc(OC)cc2)c1. The summed E-state index contributed by atoms with van der Waals surface area (Å²) >= 11 is 6.58. The molecule has 1 unspecified atom stereocenters. The minimum absolute atomic E-state index is 0.00843. The van der Waals surface area contributed by atoms with E-state index in [9.17, 15) is 28.1 Å². The number of carbonyl (C=O) groups excluding carboxylic acids is 3. The number of hydrogen-bond acceptors (Lipinski definition) is 10. The molecule has 0 fully saturated rings. The second kappa shape index (κ2) is 34.0. The lowest BCUT2D eigenvalue weighted by Gasteiger charge is -2.26. The lowest BCUT2D eigenvalue weighted by Crippen LogP contribution is -2.43. The molecule has 0 aliphatic heterocycles. The number of amides is 2. The molecule has 1 atom stereocenters. The summed E-state index contributed by atoms with van der Waals surface area (Å²) in [4.78, 5) is 49.2. The number of rotatable bonds is 37. The second-order valence-electron chi connectivity index (χ2n) is 20.0. The van der Waals surface area contributed by atoms with Crippen molar-refractivity contribution in [3.05, 3.63) is 113 Å². The summed E-state index contributed by atoms with van der Waals surface area (Å²) in [6.45, 7) is 6.75. The van der Waals surface area contributed by atoms with Gasteiger partial charge in [-0.15, -0.1) is 0 Å². The first kappa shape index (κ1) is 61.8. The summed E-state index contributed by atoms with van der Waals surface area (Å²) in [6, 6.07) is 24.7. The van der Waals surface area contributed by atoms with Crippen LogP contribution in [0.25, 0.3) is 22.7 Å². The van der Waals surface area contributed by atoms with Gasteiger partial charge in [0.05, 0.1) is 22.7 Å². The van der Waals surface area contributed by atoms with Gasteiger partial charge in [-0.05, 0) is 104 Å². The number of methoxy groups -OCH3 is 1. The van der Waals surface area contributed by atoms with Gasteiger partial charge in [0.15, 0.2) is 5.58 Å². The minimum Gasteiger partial charge on any atom is -0.497 e. The monoisotopic (exact) mass is 1090 g/mol. The first-order valence-electron chi connectivity index (χ1n) is 28.2. The van der Waals surface area contributed by atoms with Crippen LogP contribution in [0.4, 0.5) is 16.2 Å². The van der Waals surface area contributed by atoms with E-state index in [0.717, 1.165) is 50.5 Å². The van der Waals surface area contributed by atoms with Crippen molar-refractivity contribution in [2.24, 2.45) is 0 Å². The number of fused-ring (bicyclic) bond motifs is 1. The summed E-state index contributed by atoms with van der Waals surface area (Å²) in [7, 11) is -2.53. The summed E-state index contributed by atoms with van der Waals surface area (Å²) < 4.78 is 46.9. The van der Waals surface area contributed by atoms with Crippen LogP contribution < -0.4 is 19.7 Å². The van der Waals surface area contributed by atoms with Crippen molar-refractivity contribution in [3.8, 4) is 11.8 Å². The highest BCUT2D eigenvalue weighted by molar-refractivity contribution is 7.89. The average molecular weight is 1090 g/mol. The van der Waals surface area contributed by atoms with Crippen LogP contribution in [0.3, 0.4) is 0 Å². The number of benzene rings is 4. The fourth-order valence-corrected chi connectivity index (χ4v) is 10.5. The summed E-state index contributed by atoms with van der Waals surface area (Å²) in [5, 5.41) is 12.8. The molecule has 0 spiro atoms. The predicted octanol–water partition coefficient (Wildman–Crippen LogP) is 16.4. The molecule has 5 aromatic rings. The number of carbonyl (C=O) groups is 3. The average Bonchev–Trinajstić information content (AvgIpc) is 3.89. The highest BCUT2D eigenvalue weighted by Crippen LogP contribution is 2.29. The number of ketones is 1. The number of Topliss-reactive ketones (excluding diaryl/α,β-unsaturated/α-hetero) is 1. The number of ether oxygens (including phenoxy) is 2. The quantitative estimate of drug-likeness (QED) is 0.0168. The zero-order valence-corrected chi connectivity index (χ0v) is 47.6. The molecule has 15 heteroatoms. The molecule has 5 rings (SSSR count). The van der Waals surface area contributed by atoms with Gasteiger partial charge in [0, 0.05) is 24.3 Å². The van der Waals surface area contributed by atoms with Crippen LogP contribution in [0.2, 0.25) is 5.02 Å². The van der Waals surface area contributed by atoms with Gasteiger partial charge in [-0.2, -0.15) is 5.26 Å². The van der Waals surface area contributed by atoms with E-state index >= 15 is 0 Å². The van der Waals surface area contributed by atoms with E-state index < -0.39 is 33.9 Å². The van der Waals surface area contributed by atoms with Crippen LogP contribution in [0, 0.1) is 18.3 Å². The van der Waals surface area contributed by atoms with Crippen LogP contribution >= 0.6 is 11.6 Å². The largest absolute Gasteiger partial charge is 0.497 e. The Morgan fingerprint density at radius 2 is 1.31 bits per heavy atom. The Morgan fingerprint density at radius 3 is 1.87 bits per heavy atom. The van der Waals surface area contributed by atoms with E-state index in [1.807, 2.05) is 19.1 Å². The molecule has 0 aliphatic carbocycles. The van der Waals surface area contributed by atoms with Crippen molar-refractivity contribution >= 4 is 73.5 Å². The van der Waals surface area contributed by atoms with Gasteiger partial charge in [0.2, 0.25) is 27.8 Å². The highest BCUT2D eigenvalue weighted by atomic mass is 35.5. The normalized spacial score (nSPS) is 12.1. The lowest BCUT2D eigenvalue weighted by atomic mass is 10.0. The van der Waals surface area contributed by atoms with Gasteiger partial charge in [-0.25, -0.2) is 22.9 Å². The maximum Gasteiger partial charge on any atom is 0.415 e. The smallest absolute Gasteiger partial charge is 0.415 e. The molecule has 1 aromatic heterocycles. The number of hydrogen-bond donors (Lipinski definition) is 2. The Bertz CT molecular complexity index is 2770. The molecule has 0 radical (unpaired) electrons. The molecular formula is C62H82ClN5O8S. The summed E-state index contributed by atoms with van der Waals surface area (Å²) in [6.07, 6.45) is 26.1. The van der Waals surface area contributed by atoms with E-state index in [1.54, 1.807) is 48.5 Å². The first-order valence-corrected chi connectivity index (χ1v) is 30.1. The van der Waals surface area contributed by atoms with E-state index in [0.29, 0.717) is 40.9 Å². The van der Waals surface area contributed by atoms with Crippen LogP contribution in [0.15, 0.2) is 94.2 Å². The molecule has 4 aromatic carbocycles. The van der Waals surface area contributed by atoms with Gasteiger partial charge < -0.3 is 19.2 Å². The van der Waals surface area contributed by atoms with Gasteiger partial charge in [0.1, 0.15) is 22.9 Å². The van der Waals surface area contributed by atoms with Crippen molar-refractivity contribution < 1.29 is 36.7 Å². The Morgan fingerprint density at radius 1 is 0.740 bits per heavy atom. The number of sulfonamides is 1. The predicted molar refractivity (Wildman–Crippen MR) is 311 cm³/mol. The second-order valence-corrected chi connectivity index (χ2v) is 22.2. The van der Waals surface area contributed by atoms with Crippen LogP contribution in [0.5, 0.6) is 5.75 Å². The molecular weight excluding hydrogens is 1010 g/mol. The van der Waals surface area contributed by atoms with Gasteiger partial charge in [-0.3, -0.25) is 14.5 Å². The van der Waals surface area contributed by atoms with Crippen molar-refractivity contribution in [2.75, 3.05) is 30.4 Å². The number of aryl methyl sites for hydroxylation is 1. The zero-order valence-electron chi connectivity index (χ0n) is 46.0. The van der Waals surface area contributed by atoms with Crippen LogP contribution in [-0.4, -0.2) is 57.5 Å². The number of allylic oxidation sites excluding steroid dienone is 1. The molecule has 416 valence electrons. The van der Waals surface area contributed by atoms with E-state index in [2.05, 4.69) is 34.9 Å². The van der Waals surface area contributed by atoms with Crippen molar-refractivity contribution in [1.82, 2.24) is 9.71 Å². The fourth-order valence-electron chi connectivity index (χ4n) is 9.23. The number of para-hydroxylation sites is 2. The summed E-state index contributed by atoms with van der Waals surface area (Å²) in [5.74, 6) is -1.22. The van der Waals surface area contributed by atoms with Crippen LogP contribution in [-0.2, 0) is 19.6 Å². The molecule has 13 nitrogen and oxygen atoms in total. The molecule has 0 aliphatic rings. The third kappa shape index (κ3) is 20.7. The van der Waals surface area contributed by atoms with Gasteiger partial charge in [0.25, 0.3) is 5.91 Å². The maximum atomic E-state index is 14.6. The molecule has 1 heterocycles. The van der Waals surface area contributed by atoms with Crippen molar-refractivity contribution in [1.29, 1.82) is 5.26 Å². The molecule has 0 saturated carbocycles. The Hall–Kier alpha value is -6.01. The highest BCUT2D eigenvalue weighted by Gasteiger charge is 2.35. The lowest BCUT2D eigenvalue weighted by molar-refractivity contribution is -0.122. The number of halogens is 1. The third-order valence-corrected chi connectivity index (χ3v) is 15.7. The molecule has 0 bridgehead atoms. The number of nitriles is 1. The Labute approximate surface area is 463 Å². The summed E-state index contributed by atoms with van der Waals surface area (Å²) in [5.41, 5.74) is 3.20. The number of anilines is 2. The Balaban J connectivity index is 1.30. The van der Waals surface area contributed by atoms with Crippen molar-refractivity contribution in [3.63, 3.8) is 0 Å². The van der Waals surface area contributed by atoms with E-state index in [1.165, 1.54) is 139 Å². The number of nitrogens with one attached hydrogen (secondary N) is 2. The number of oxazole rings is 1. The number of aromatic nitrogens is 1. The van der Waals surface area contributed by atoms with Gasteiger partial charge in [-0.1, -0.05) is 185 Å². The van der Waals surface area contributed by atoms with Crippen molar-refractivity contribution in [2.45, 2.75) is 186 Å². The van der Waals surface area contributed by atoms with Crippen LogP contribution in [0.1, 0.15) is 195 Å². The molecule has 2 amide bonds. The zero-order chi connectivity index (χ0) is 55.3. The number of unbranched alkanes of at least 4 members (excludes halogenated alkanes) is 22. The molecule has 2 N–H and O–H groups in total. The maximum absolute atomic E-state index is 14.6. The topological polar surface area (TPSA) is 181 Å². The number of nitrogens with zero attached hydrogens (tertiary/aromatic N) is 3. The third-order valence-electron chi connectivity index (χ3n) is 13.9. The molecule has 0 saturated heterocycles. The standard InChI is InChI=1S/C62H82ClN5O8S/c1-5-7-9-11-13-15-17-18-19-20-21-23-25-29-41-65-77(72,73)53-39-40-54(63)56(45-53)66-60(70)59(58(69)48-34-37-52(74-4)38-35-48)76-62(71)68(42-30-26-24-22-16-14-12-10-8-6-2)51-36-33-49(47(3)43-51)44-50(46-64)61-67-55-31-27-28-32-57(55)75-61/h27-28,31-40,43-45,59,65H,5-26,29-30,41-42H2,1-4H3,(H,66,70)/b50-44+. The fraction of sp³-hybridized carbons (Fsp3) is 0.500. The Kier molecular flexibility index (Phi) is 27.3. The van der Waals surface area contributed by atoms with Gasteiger partial charge >= 0.3 is 6.09 Å². The van der Waals surface area contributed by atoms with E-state index in [4.69, 9.17) is 25.5 Å². The molecule has 77 heavy (non-hydrogen) atoms.